The first kappa shape index (κ1) is 32.8. The molecule has 9 nitrogen and oxygen atoms in total. The van der Waals surface area contributed by atoms with E-state index in [4.69, 9.17) is 0 Å². The number of likely N-dealkylation sites (N-methyl/N-ethyl adjacent to an activating group) is 1. The largest absolute Gasteiger partial charge is 0.471 e. The molecule has 12 heteroatoms. The van der Waals surface area contributed by atoms with Gasteiger partial charge in [-0.25, -0.2) is 0 Å². The van der Waals surface area contributed by atoms with E-state index in [-0.39, 0.29) is 18.4 Å². The normalized spacial score (nSPS) is 13.8. The average Bonchev–Trinajstić information content (AvgIpc) is 2.93. The predicted octanol–water partition coefficient (Wildman–Crippen LogP) is 3.55. The highest BCUT2D eigenvalue weighted by Gasteiger charge is 2.45. The number of carbonyl (C=O) groups excluding carboxylic acids is 3. The molecule has 0 aliphatic heterocycles. The zero-order valence-corrected chi connectivity index (χ0v) is 24.5. The highest BCUT2D eigenvalue weighted by molar-refractivity contribution is 5.93. The van der Waals surface area contributed by atoms with Crippen molar-refractivity contribution in [1.29, 1.82) is 5.26 Å². The first-order valence-corrected chi connectivity index (χ1v) is 13.5. The van der Waals surface area contributed by atoms with Crippen LogP contribution in [-0.2, 0) is 27.2 Å². The van der Waals surface area contributed by atoms with Crippen molar-refractivity contribution in [1.82, 2.24) is 20.5 Å². The van der Waals surface area contributed by atoms with Crippen LogP contribution >= 0.6 is 0 Å². The van der Waals surface area contributed by atoms with E-state index in [1.54, 1.807) is 47.8 Å². The van der Waals surface area contributed by atoms with Gasteiger partial charge in [-0.15, -0.1) is 0 Å². The van der Waals surface area contributed by atoms with Crippen LogP contribution in [0.15, 0.2) is 59.4 Å². The standard InChI is InChI=1S/C31H34F3N5O4/c1-18-11-12-23-20(13-18)15-21(26(40)37-23)16-22(17-35)36-27(41)24(14-19-9-7-6-8-10-19)39(5)28(42)25(30(2,3)4)38-29(43)31(32,33)34/h6-13,15,22,24-25H,14,16H2,1-5H3,(H,36,41)(H,37,40)(H,38,43)/t22-,24+,25-/m1/s1. The molecule has 43 heavy (non-hydrogen) atoms. The molecule has 2 aromatic carbocycles. The Labute approximate surface area is 247 Å². The maximum Gasteiger partial charge on any atom is 0.471 e. The van der Waals surface area contributed by atoms with E-state index in [2.05, 4.69) is 10.3 Å². The fourth-order valence-electron chi connectivity index (χ4n) is 4.60. The van der Waals surface area contributed by atoms with Crippen molar-refractivity contribution in [3.05, 3.63) is 81.6 Å². The third-order valence-electron chi connectivity index (χ3n) is 7.01. The Kier molecular flexibility index (Phi) is 10.0. The summed E-state index contributed by atoms with van der Waals surface area (Å²) >= 11 is 0. The number of nitriles is 1. The van der Waals surface area contributed by atoms with Crippen molar-refractivity contribution in [2.45, 2.75) is 64.8 Å². The van der Waals surface area contributed by atoms with Crippen molar-refractivity contribution < 1.29 is 27.6 Å². The van der Waals surface area contributed by atoms with Gasteiger partial charge >= 0.3 is 12.1 Å². The second-order valence-electron chi connectivity index (χ2n) is 11.5. The number of nitrogens with one attached hydrogen (secondary N) is 3. The molecule has 0 aliphatic carbocycles. The first-order valence-electron chi connectivity index (χ1n) is 13.5. The second kappa shape index (κ2) is 13.1. The molecule has 0 aliphatic rings. The van der Waals surface area contributed by atoms with Gasteiger partial charge in [0.25, 0.3) is 5.56 Å². The molecule has 1 aromatic heterocycles. The van der Waals surface area contributed by atoms with Crippen LogP contribution in [0.2, 0.25) is 0 Å². The third-order valence-corrected chi connectivity index (χ3v) is 7.01. The van der Waals surface area contributed by atoms with Crippen molar-refractivity contribution in [2.75, 3.05) is 7.05 Å². The second-order valence-corrected chi connectivity index (χ2v) is 11.5. The van der Waals surface area contributed by atoms with E-state index < -0.39 is 53.0 Å². The molecule has 3 N–H and O–H groups in total. The lowest BCUT2D eigenvalue weighted by Gasteiger charge is -2.36. The number of nitrogens with zero attached hydrogens (tertiary/aromatic N) is 2. The molecule has 3 amide bonds. The number of pyridine rings is 1. The minimum Gasteiger partial charge on any atom is -0.338 e. The van der Waals surface area contributed by atoms with Crippen LogP contribution in [0.3, 0.4) is 0 Å². The van der Waals surface area contributed by atoms with E-state index in [0.29, 0.717) is 11.1 Å². The number of aromatic nitrogens is 1. The molecule has 0 unspecified atom stereocenters. The van der Waals surface area contributed by atoms with Gasteiger partial charge in [0.05, 0.1) is 6.07 Å². The Balaban J connectivity index is 1.91. The predicted molar refractivity (Wildman–Crippen MR) is 155 cm³/mol. The number of rotatable bonds is 9. The lowest BCUT2D eigenvalue weighted by molar-refractivity contribution is -0.176. The minimum absolute atomic E-state index is 0.0347. The van der Waals surface area contributed by atoms with Gasteiger partial charge in [-0.3, -0.25) is 19.2 Å². The summed E-state index contributed by atoms with van der Waals surface area (Å²) in [6, 6.07) is 13.7. The van der Waals surface area contributed by atoms with E-state index in [1.807, 2.05) is 25.1 Å². The van der Waals surface area contributed by atoms with Crippen molar-refractivity contribution in [3.63, 3.8) is 0 Å². The van der Waals surface area contributed by atoms with Crippen molar-refractivity contribution >= 4 is 28.6 Å². The van der Waals surface area contributed by atoms with Crippen LogP contribution < -0.4 is 16.2 Å². The Hall–Kier alpha value is -4.66. The summed E-state index contributed by atoms with van der Waals surface area (Å²) in [7, 11) is 1.26. The molecule has 0 bridgehead atoms. The van der Waals surface area contributed by atoms with E-state index >= 15 is 0 Å². The van der Waals surface area contributed by atoms with Gasteiger partial charge in [0.2, 0.25) is 11.8 Å². The highest BCUT2D eigenvalue weighted by atomic mass is 19.4. The number of hydrogen-bond donors (Lipinski definition) is 3. The number of carbonyl (C=O) groups is 3. The molecule has 0 fully saturated rings. The number of benzene rings is 2. The fraction of sp³-hybridized carbons (Fsp3) is 0.387. The quantitative estimate of drug-likeness (QED) is 0.347. The molecule has 3 aromatic rings. The molecular weight excluding hydrogens is 563 g/mol. The summed E-state index contributed by atoms with van der Waals surface area (Å²) in [4.78, 5) is 55.5. The molecule has 3 atom stereocenters. The molecule has 3 rings (SSSR count). The molecule has 0 saturated heterocycles. The van der Waals surface area contributed by atoms with E-state index in [0.717, 1.165) is 15.8 Å². The Bertz CT molecular complexity index is 1590. The lowest BCUT2D eigenvalue weighted by atomic mass is 9.85. The van der Waals surface area contributed by atoms with Crippen LogP contribution in [-0.4, -0.2) is 59.0 Å². The number of amides is 3. The van der Waals surface area contributed by atoms with E-state index in [1.165, 1.54) is 27.8 Å². The SMILES string of the molecule is Cc1ccc2[nH]c(=O)c(C[C@H](C#N)NC(=O)[C@H](Cc3ccccc3)N(C)C(=O)[C@@H](NC(=O)C(F)(F)F)C(C)(C)C)cc2c1. The summed E-state index contributed by atoms with van der Waals surface area (Å²) in [6.45, 7) is 6.36. The summed E-state index contributed by atoms with van der Waals surface area (Å²) in [5, 5.41) is 15.0. The topological polar surface area (TPSA) is 135 Å². The van der Waals surface area contributed by atoms with Gasteiger partial charge in [0.1, 0.15) is 18.1 Å². The summed E-state index contributed by atoms with van der Waals surface area (Å²) in [5.74, 6) is -3.95. The Morgan fingerprint density at radius 1 is 1.00 bits per heavy atom. The van der Waals surface area contributed by atoms with Gasteiger partial charge in [-0.1, -0.05) is 62.7 Å². The van der Waals surface area contributed by atoms with Crippen LogP contribution in [0.4, 0.5) is 13.2 Å². The van der Waals surface area contributed by atoms with Crippen LogP contribution in [0.5, 0.6) is 0 Å². The van der Waals surface area contributed by atoms with Crippen LogP contribution in [0.1, 0.15) is 37.5 Å². The van der Waals surface area contributed by atoms with Crippen LogP contribution in [0, 0.1) is 23.7 Å². The summed E-state index contributed by atoms with van der Waals surface area (Å²) in [6.07, 6.45) is -5.39. The van der Waals surface area contributed by atoms with E-state index in [9.17, 15) is 37.6 Å². The van der Waals surface area contributed by atoms with Crippen molar-refractivity contribution in [3.8, 4) is 6.07 Å². The molecule has 1 heterocycles. The molecule has 0 saturated carbocycles. The number of halogens is 3. The van der Waals surface area contributed by atoms with Gasteiger partial charge in [0.15, 0.2) is 0 Å². The zero-order chi connectivity index (χ0) is 32.1. The van der Waals surface area contributed by atoms with Crippen LogP contribution in [0.25, 0.3) is 10.9 Å². The Morgan fingerprint density at radius 3 is 2.23 bits per heavy atom. The number of alkyl halides is 3. The summed E-state index contributed by atoms with van der Waals surface area (Å²) in [5.41, 5.74) is 0.913. The van der Waals surface area contributed by atoms with Crippen molar-refractivity contribution in [2.24, 2.45) is 5.41 Å². The number of fused-ring (bicyclic) bond motifs is 1. The highest BCUT2D eigenvalue weighted by Crippen LogP contribution is 2.25. The third kappa shape index (κ3) is 8.44. The molecule has 0 spiro atoms. The molecular formula is C31H34F3N5O4. The number of hydrogen-bond acceptors (Lipinski definition) is 5. The maximum absolute atomic E-state index is 13.6. The van der Waals surface area contributed by atoms with Gasteiger partial charge in [-0.2, -0.15) is 18.4 Å². The maximum atomic E-state index is 13.6. The summed E-state index contributed by atoms with van der Waals surface area (Å²) < 4.78 is 39.2. The smallest absolute Gasteiger partial charge is 0.338 e. The zero-order valence-electron chi connectivity index (χ0n) is 24.5. The van der Waals surface area contributed by atoms with Gasteiger partial charge in [-0.05, 0) is 41.5 Å². The number of aryl methyl sites for hydroxylation is 1. The lowest BCUT2D eigenvalue weighted by Crippen LogP contribution is -2.60. The van der Waals surface area contributed by atoms with Gasteiger partial charge < -0.3 is 20.5 Å². The monoisotopic (exact) mass is 597 g/mol. The number of H-pyrrole nitrogens is 1. The average molecular weight is 598 g/mol. The Morgan fingerprint density at radius 2 is 1.65 bits per heavy atom. The minimum atomic E-state index is -5.22. The molecule has 0 radical (unpaired) electrons. The number of aromatic amines is 1. The molecule has 228 valence electrons. The first-order chi connectivity index (χ1) is 20.0. The van der Waals surface area contributed by atoms with Gasteiger partial charge in [0, 0.05) is 31.0 Å². The fourth-order valence-corrected chi connectivity index (χ4v) is 4.60.